The van der Waals surface area contributed by atoms with E-state index in [0.29, 0.717) is 11.7 Å². The normalized spacial score (nSPS) is 18.1. The lowest BCUT2D eigenvalue weighted by atomic mass is 9.91. The molecule has 1 saturated heterocycles. The molecule has 0 aromatic carbocycles. The first-order valence-electron chi connectivity index (χ1n) is 7.73. The number of nitrogens with one attached hydrogen (secondary N) is 1. The van der Waals surface area contributed by atoms with Crippen LogP contribution in [-0.4, -0.2) is 43.4 Å². The minimum atomic E-state index is 0.361. The summed E-state index contributed by atoms with van der Waals surface area (Å²) in [5.41, 5.74) is 0. The largest absolute Gasteiger partial charge is 0.317 e. The van der Waals surface area contributed by atoms with Gasteiger partial charge in [0.2, 0.25) is 0 Å². The van der Waals surface area contributed by atoms with Gasteiger partial charge in [0.1, 0.15) is 5.78 Å². The molecule has 1 aliphatic rings. The monoisotopic (exact) mass is 254 g/mol. The van der Waals surface area contributed by atoms with Gasteiger partial charge in [-0.05, 0) is 58.4 Å². The second-order valence-corrected chi connectivity index (χ2v) is 5.35. The van der Waals surface area contributed by atoms with E-state index >= 15 is 0 Å². The second kappa shape index (κ2) is 9.51. The van der Waals surface area contributed by atoms with Crippen LogP contribution in [0.5, 0.6) is 0 Å². The molecule has 1 rings (SSSR count). The van der Waals surface area contributed by atoms with Crippen molar-refractivity contribution in [2.75, 3.05) is 32.7 Å². The average Bonchev–Trinajstić information content (AvgIpc) is 2.42. The van der Waals surface area contributed by atoms with Gasteiger partial charge in [-0.2, -0.15) is 0 Å². The molecule has 3 nitrogen and oxygen atoms in total. The zero-order chi connectivity index (χ0) is 13.2. The van der Waals surface area contributed by atoms with Gasteiger partial charge < -0.3 is 10.2 Å². The van der Waals surface area contributed by atoms with E-state index in [2.05, 4.69) is 17.1 Å². The standard InChI is InChI=1S/C15H30N2O/c1-3-15(18)14-8-12-17(13-9-14)11-7-5-6-10-16-4-2/h14,16H,3-13H2,1-2H3. The molecule has 3 heteroatoms. The number of unbranched alkanes of at least 4 members (excludes halogenated alkanes) is 2. The molecule has 0 aliphatic carbocycles. The van der Waals surface area contributed by atoms with Crippen molar-refractivity contribution in [3.8, 4) is 0 Å². The maximum absolute atomic E-state index is 11.6. The Hall–Kier alpha value is -0.410. The minimum absolute atomic E-state index is 0.361. The Morgan fingerprint density at radius 1 is 1.17 bits per heavy atom. The van der Waals surface area contributed by atoms with Crippen LogP contribution in [0.1, 0.15) is 52.4 Å². The van der Waals surface area contributed by atoms with Gasteiger partial charge in [-0.3, -0.25) is 4.79 Å². The Bertz CT molecular complexity index is 223. The van der Waals surface area contributed by atoms with Crippen molar-refractivity contribution in [2.45, 2.75) is 52.4 Å². The summed E-state index contributed by atoms with van der Waals surface area (Å²) in [6.45, 7) is 9.86. The molecule has 1 aliphatic heterocycles. The lowest BCUT2D eigenvalue weighted by Gasteiger charge is -2.31. The Balaban J connectivity index is 2.00. The molecule has 0 saturated carbocycles. The van der Waals surface area contributed by atoms with Crippen molar-refractivity contribution < 1.29 is 4.79 Å². The molecule has 18 heavy (non-hydrogen) atoms. The van der Waals surface area contributed by atoms with Crippen LogP contribution in [0, 0.1) is 5.92 Å². The van der Waals surface area contributed by atoms with Crippen LogP contribution in [0.15, 0.2) is 0 Å². The molecule has 0 aromatic heterocycles. The highest BCUT2D eigenvalue weighted by Crippen LogP contribution is 2.19. The maximum atomic E-state index is 11.6. The number of Topliss-reactive ketones (excluding diaryl/α,β-unsaturated/α-hetero) is 1. The molecule has 0 spiro atoms. The molecule has 0 amide bonds. The highest BCUT2D eigenvalue weighted by Gasteiger charge is 2.22. The Labute approximate surface area is 112 Å². The Morgan fingerprint density at radius 2 is 1.89 bits per heavy atom. The van der Waals surface area contributed by atoms with Crippen LogP contribution in [0.4, 0.5) is 0 Å². The number of hydrogen-bond acceptors (Lipinski definition) is 3. The van der Waals surface area contributed by atoms with Gasteiger partial charge in [0.15, 0.2) is 0 Å². The van der Waals surface area contributed by atoms with Gasteiger partial charge >= 0.3 is 0 Å². The lowest BCUT2D eigenvalue weighted by Crippen LogP contribution is -2.36. The fraction of sp³-hybridized carbons (Fsp3) is 0.933. The first-order valence-corrected chi connectivity index (χ1v) is 7.73. The molecule has 0 unspecified atom stereocenters. The lowest BCUT2D eigenvalue weighted by molar-refractivity contribution is -0.123. The first-order chi connectivity index (χ1) is 8.77. The van der Waals surface area contributed by atoms with E-state index in [1.54, 1.807) is 0 Å². The third-order valence-electron chi connectivity index (χ3n) is 3.97. The highest BCUT2D eigenvalue weighted by atomic mass is 16.1. The quantitative estimate of drug-likeness (QED) is 0.642. The van der Waals surface area contributed by atoms with Crippen molar-refractivity contribution in [1.82, 2.24) is 10.2 Å². The number of carbonyl (C=O) groups excluding carboxylic acids is 1. The molecular formula is C15H30N2O. The fourth-order valence-electron chi connectivity index (χ4n) is 2.71. The van der Waals surface area contributed by atoms with E-state index in [4.69, 9.17) is 0 Å². The number of rotatable bonds is 9. The average molecular weight is 254 g/mol. The van der Waals surface area contributed by atoms with Crippen LogP contribution < -0.4 is 5.32 Å². The van der Waals surface area contributed by atoms with E-state index in [-0.39, 0.29) is 0 Å². The molecule has 1 fully saturated rings. The van der Waals surface area contributed by atoms with E-state index < -0.39 is 0 Å². The highest BCUT2D eigenvalue weighted by molar-refractivity contribution is 5.80. The topological polar surface area (TPSA) is 32.3 Å². The van der Waals surface area contributed by atoms with Gasteiger partial charge in [0.05, 0.1) is 0 Å². The number of likely N-dealkylation sites (tertiary alicyclic amines) is 1. The van der Waals surface area contributed by atoms with Crippen LogP contribution in [-0.2, 0) is 4.79 Å². The van der Waals surface area contributed by atoms with Crippen molar-refractivity contribution in [2.24, 2.45) is 5.92 Å². The Morgan fingerprint density at radius 3 is 2.50 bits per heavy atom. The summed E-state index contributed by atoms with van der Waals surface area (Å²) in [5.74, 6) is 0.834. The van der Waals surface area contributed by atoms with Crippen LogP contribution in [0.25, 0.3) is 0 Å². The Kier molecular flexibility index (Phi) is 8.27. The summed E-state index contributed by atoms with van der Waals surface area (Å²) in [6, 6.07) is 0. The van der Waals surface area contributed by atoms with Crippen LogP contribution >= 0.6 is 0 Å². The second-order valence-electron chi connectivity index (χ2n) is 5.35. The molecule has 0 radical (unpaired) electrons. The van der Waals surface area contributed by atoms with Crippen molar-refractivity contribution in [3.05, 3.63) is 0 Å². The maximum Gasteiger partial charge on any atom is 0.135 e. The van der Waals surface area contributed by atoms with Gasteiger partial charge in [-0.15, -0.1) is 0 Å². The zero-order valence-electron chi connectivity index (χ0n) is 12.2. The molecule has 0 atom stereocenters. The van der Waals surface area contributed by atoms with Crippen LogP contribution in [0.2, 0.25) is 0 Å². The summed E-state index contributed by atoms with van der Waals surface area (Å²) in [6.07, 6.45) is 6.81. The third kappa shape index (κ3) is 5.96. The molecule has 0 aromatic rings. The number of nitrogens with zero attached hydrogens (tertiary/aromatic N) is 1. The summed E-state index contributed by atoms with van der Waals surface area (Å²) in [4.78, 5) is 14.1. The SMILES string of the molecule is CCNCCCCCN1CCC(C(=O)CC)CC1. The van der Waals surface area contributed by atoms with Crippen LogP contribution in [0.3, 0.4) is 0 Å². The predicted molar refractivity (Wildman–Crippen MR) is 76.9 cm³/mol. The molecule has 1 N–H and O–H groups in total. The van der Waals surface area contributed by atoms with E-state index in [0.717, 1.165) is 45.4 Å². The number of ketones is 1. The number of carbonyl (C=O) groups is 1. The van der Waals surface area contributed by atoms with Crippen molar-refractivity contribution in [3.63, 3.8) is 0 Å². The molecule has 106 valence electrons. The van der Waals surface area contributed by atoms with Gasteiger partial charge in [0.25, 0.3) is 0 Å². The number of piperidine rings is 1. The summed E-state index contributed by atoms with van der Waals surface area (Å²) < 4.78 is 0. The predicted octanol–water partition coefficient (Wildman–Crippen LogP) is 2.46. The van der Waals surface area contributed by atoms with Crippen molar-refractivity contribution in [1.29, 1.82) is 0 Å². The first kappa shape index (κ1) is 15.6. The summed E-state index contributed by atoms with van der Waals surface area (Å²) in [5, 5.41) is 3.36. The van der Waals surface area contributed by atoms with E-state index in [1.165, 1.54) is 25.8 Å². The van der Waals surface area contributed by atoms with E-state index in [1.807, 2.05) is 6.92 Å². The number of hydrogen-bond donors (Lipinski definition) is 1. The smallest absolute Gasteiger partial charge is 0.135 e. The van der Waals surface area contributed by atoms with Crippen molar-refractivity contribution >= 4 is 5.78 Å². The molecule has 1 heterocycles. The minimum Gasteiger partial charge on any atom is -0.317 e. The van der Waals surface area contributed by atoms with Gasteiger partial charge in [0, 0.05) is 12.3 Å². The summed E-state index contributed by atoms with van der Waals surface area (Å²) >= 11 is 0. The van der Waals surface area contributed by atoms with Gasteiger partial charge in [-0.1, -0.05) is 20.3 Å². The zero-order valence-corrected chi connectivity index (χ0v) is 12.2. The summed E-state index contributed by atoms with van der Waals surface area (Å²) in [7, 11) is 0. The van der Waals surface area contributed by atoms with Gasteiger partial charge in [-0.25, -0.2) is 0 Å². The molecule has 0 bridgehead atoms. The molecular weight excluding hydrogens is 224 g/mol. The van der Waals surface area contributed by atoms with E-state index in [9.17, 15) is 4.79 Å². The fourth-order valence-corrected chi connectivity index (χ4v) is 2.71. The third-order valence-corrected chi connectivity index (χ3v) is 3.97.